The molecule has 4 atom stereocenters. The second-order valence-corrected chi connectivity index (χ2v) is 9.26. The van der Waals surface area contributed by atoms with Crippen molar-refractivity contribution in [1.82, 2.24) is 20.9 Å². The minimum absolute atomic E-state index is 0.0329. The summed E-state index contributed by atoms with van der Waals surface area (Å²) in [6.07, 6.45) is 1.21. The fraction of sp³-hybridized carbons (Fsp3) is 0.440. The molecule has 0 fully saturated rings. The first kappa shape index (κ1) is 31.6. The van der Waals surface area contributed by atoms with Crippen LogP contribution in [0.15, 0.2) is 35.5 Å². The standard InChI is InChI=1S/C25H36N8O7/c1-13(26)21(36)31-17(7-4-10-29-25(27)28)22(37)33-19(11-14-12-30-16-6-3-2-5-15(14)16)23(38)32-18(24(39)40)8-9-20(34)35/h2-3,5-6,12-13,17-19,30H,4,7-11,26H2,1H3,(H,31,36)(H,32,38)(H,33,37)(H,34,35)(H,39,40)(H4,27,28,29). The van der Waals surface area contributed by atoms with Crippen molar-refractivity contribution in [3.63, 3.8) is 0 Å². The molecule has 0 bridgehead atoms. The number of rotatable bonds is 16. The molecule has 15 heteroatoms. The van der Waals surface area contributed by atoms with Crippen LogP contribution in [0, 0.1) is 0 Å². The number of hydrogen-bond donors (Lipinski definition) is 9. The van der Waals surface area contributed by atoms with Crippen LogP contribution in [0.3, 0.4) is 0 Å². The van der Waals surface area contributed by atoms with Gasteiger partial charge in [-0.3, -0.25) is 24.2 Å². The predicted octanol–water partition coefficient (Wildman–Crippen LogP) is -1.48. The summed E-state index contributed by atoms with van der Waals surface area (Å²) in [7, 11) is 0. The van der Waals surface area contributed by atoms with Gasteiger partial charge in [-0.05, 0) is 37.8 Å². The average Bonchev–Trinajstić information content (AvgIpc) is 3.29. The summed E-state index contributed by atoms with van der Waals surface area (Å²) in [4.78, 5) is 68.5. The Labute approximate surface area is 229 Å². The highest BCUT2D eigenvalue weighted by Crippen LogP contribution is 2.19. The highest BCUT2D eigenvalue weighted by molar-refractivity contribution is 5.95. The Balaban J connectivity index is 2.31. The summed E-state index contributed by atoms with van der Waals surface area (Å²) >= 11 is 0. The van der Waals surface area contributed by atoms with Crippen molar-refractivity contribution in [2.75, 3.05) is 6.54 Å². The lowest BCUT2D eigenvalue weighted by atomic mass is 10.0. The number of hydrogen-bond acceptors (Lipinski definition) is 7. The molecule has 0 aliphatic heterocycles. The number of aromatic amines is 1. The Morgan fingerprint density at radius 1 is 0.925 bits per heavy atom. The molecule has 0 spiro atoms. The molecular weight excluding hydrogens is 524 g/mol. The number of benzene rings is 1. The third-order valence-electron chi connectivity index (χ3n) is 5.99. The Bertz CT molecular complexity index is 1240. The Hall–Kier alpha value is -4.66. The highest BCUT2D eigenvalue weighted by atomic mass is 16.4. The van der Waals surface area contributed by atoms with E-state index in [9.17, 15) is 29.1 Å². The molecule has 0 aliphatic carbocycles. The summed E-state index contributed by atoms with van der Waals surface area (Å²) in [6.45, 7) is 1.63. The van der Waals surface area contributed by atoms with E-state index in [1.165, 1.54) is 6.92 Å². The molecule has 15 nitrogen and oxygen atoms in total. The molecule has 1 aromatic heterocycles. The summed E-state index contributed by atoms with van der Waals surface area (Å²) in [6, 6.07) is 2.48. The molecule has 1 heterocycles. The van der Waals surface area contributed by atoms with E-state index in [4.69, 9.17) is 22.3 Å². The highest BCUT2D eigenvalue weighted by Gasteiger charge is 2.30. The van der Waals surface area contributed by atoms with Crippen LogP contribution >= 0.6 is 0 Å². The minimum atomic E-state index is -1.50. The van der Waals surface area contributed by atoms with Crippen LogP contribution < -0.4 is 33.2 Å². The van der Waals surface area contributed by atoms with Crippen molar-refractivity contribution in [3.8, 4) is 0 Å². The summed E-state index contributed by atoms with van der Waals surface area (Å²) in [5, 5.41) is 26.7. The monoisotopic (exact) mass is 560 g/mol. The van der Waals surface area contributed by atoms with Gasteiger partial charge in [0.15, 0.2) is 5.96 Å². The van der Waals surface area contributed by atoms with Crippen molar-refractivity contribution in [3.05, 3.63) is 36.0 Å². The first-order valence-electron chi connectivity index (χ1n) is 12.6. The normalized spacial score (nSPS) is 13.8. The Morgan fingerprint density at radius 2 is 1.55 bits per heavy atom. The van der Waals surface area contributed by atoms with Crippen LogP contribution in [-0.4, -0.2) is 81.5 Å². The summed E-state index contributed by atoms with van der Waals surface area (Å²) < 4.78 is 0. The van der Waals surface area contributed by atoms with E-state index in [1.54, 1.807) is 12.3 Å². The second kappa shape index (κ2) is 15.1. The Kier molecular flexibility index (Phi) is 11.9. The number of carbonyl (C=O) groups excluding carboxylic acids is 3. The van der Waals surface area contributed by atoms with E-state index in [1.807, 2.05) is 18.2 Å². The molecule has 4 unspecified atom stereocenters. The van der Waals surface area contributed by atoms with Gasteiger partial charge < -0.3 is 48.3 Å². The lowest BCUT2D eigenvalue weighted by Gasteiger charge is -2.25. The summed E-state index contributed by atoms with van der Waals surface area (Å²) in [5.41, 5.74) is 17.8. The van der Waals surface area contributed by atoms with Gasteiger partial charge in [0.25, 0.3) is 0 Å². The molecule has 40 heavy (non-hydrogen) atoms. The maximum absolute atomic E-state index is 13.3. The number of nitrogens with zero attached hydrogens (tertiary/aromatic N) is 1. The number of nitrogens with two attached hydrogens (primary N) is 3. The third kappa shape index (κ3) is 9.90. The van der Waals surface area contributed by atoms with E-state index < -0.39 is 60.2 Å². The van der Waals surface area contributed by atoms with Gasteiger partial charge in [-0.25, -0.2) is 4.79 Å². The van der Waals surface area contributed by atoms with E-state index in [2.05, 4.69) is 25.9 Å². The number of carbonyl (C=O) groups is 5. The molecule has 1 aromatic carbocycles. The molecule has 3 amide bonds. The van der Waals surface area contributed by atoms with Crippen LogP contribution in [0.1, 0.15) is 38.2 Å². The number of carboxylic acids is 2. The number of aromatic nitrogens is 1. The fourth-order valence-corrected chi connectivity index (χ4v) is 3.88. The van der Waals surface area contributed by atoms with Crippen molar-refractivity contribution in [2.45, 2.75) is 63.2 Å². The SMILES string of the molecule is CC(N)C(=O)NC(CCCN=C(N)N)C(=O)NC(Cc1c[nH]c2ccccc12)C(=O)NC(CCC(=O)O)C(=O)O. The number of amides is 3. The lowest BCUT2D eigenvalue weighted by Crippen LogP contribution is -2.57. The zero-order valence-electron chi connectivity index (χ0n) is 22.1. The minimum Gasteiger partial charge on any atom is -0.481 e. The number of guanidine groups is 1. The van der Waals surface area contributed by atoms with E-state index >= 15 is 0 Å². The van der Waals surface area contributed by atoms with Gasteiger partial charge in [-0.1, -0.05) is 18.2 Å². The molecule has 0 saturated heterocycles. The maximum Gasteiger partial charge on any atom is 0.326 e. The van der Waals surface area contributed by atoms with Crippen molar-refractivity contribution >= 4 is 46.5 Å². The maximum atomic E-state index is 13.3. The van der Waals surface area contributed by atoms with Gasteiger partial charge in [0.1, 0.15) is 18.1 Å². The largest absolute Gasteiger partial charge is 0.481 e. The van der Waals surface area contributed by atoms with Gasteiger partial charge in [-0.15, -0.1) is 0 Å². The van der Waals surface area contributed by atoms with Gasteiger partial charge in [0, 0.05) is 36.5 Å². The third-order valence-corrected chi connectivity index (χ3v) is 5.99. The number of H-pyrrole nitrogens is 1. The number of aliphatic imine (C=N–C) groups is 1. The molecule has 0 radical (unpaired) electrons. The average molecular weight is 561 g/mol. The van der Waals surface area contributed by atoms with Crippen molar-refractivity contribution in [1.29, 1.82) is 0 Å². The first-order valence-corrected chi connectivity index (χ1v) is 12.6. The van der Waals surface area contributed by atoms with Gasteiger partial charge in [-0.2, -0.15) is 0 Å². The number of fused-ring (bicyclic) bond motifs is 1. The molecule has 218 valence electrons. The van der Waals surface area contributed by atoms with Crippen molar-refractivity contribution < 1.29 is 34.2 Å². The van der Waals surface area contributed by atoms with Crippen LogP contribution in [0.25, 0.3) is 10.9 Å². The molecule has 2 aromatic rings. The van der Waals surface area contributed by atoms with Crippen LogP contribution in [0.5, 0.6) is 0 Å². The quantitative estimate of drug-likeness (QED) is 0.0652. The molecule has 2 rings (SSSR count). The zero-order chi connectivity index (χ0) is 29.8. The van der Waals surface area contributed by atoms with E-state index in [0.29, 0.717) is 12.0 Å². The van der Waals surface area contributed by atoms with Gasteiger partial charge in [0.05, 0.1) is 6.04 Å². The lowest BCUT2D eigenvalue weighted by molar-refractivity contribution is -0.143. The second-order valence-electron chi connectivity index (χ2n) is 9.26. The van der Waals surface area contributed by atoms with Crippen molar-refractivity contribution in [2.24, 2.45) is 22.2 Å². The van der Waals surface area contributed by atoms with Gasteiger partial charge in [0.2, 0.25) is 17.7 Å². The summed E-state index contributed by atoms with van der Waals surface area (Å²) in [5.74, 6) is -4.93. The molecule has 0 saturated carbocycles. The van der Waals surface area contributed by atoms with Crippen LogP contribution in [0.4, 0.5) is 0 Å². The first-order chi connectivity index (χ1) is 18.9. The number of carboxylic acid groups (broad SMARTS) is 2. The molecule has 0 aliphatic rings. The van der Waals surface area contributed by atoms with Crippen LogP contribution in [-0.2, 0) is 30.4 Å². The number of nitrogens with one attached hydrogen (secondary N) is 4. The van der Waals surface area contributed by atoms with E-state index in [-0.39, 0.29) is 31.8 Å². The number of aliphatic carboxylic acids is 2. The topological polar surface area (TPSA) is 268 Å². The fourth-order valence-electron chi connectivity index (χ4n) is 3.88. The number of para-hydroxylation sites is 1. The van der Waals surface area contributed by atoms with E-state index in [0.717, 1.165) is 10.9 Å². The molecule has 12 N–H and O–H groups in total. The van der Waals surface area contributed by atoms with Gasteiger partial charge >= 0.3 is 11.9 Å². The smallest absolute Gasteiger partial charge is 0.326 e. The zero-order valence-corrected chi connectivity index (χ0v) is 22.1. The predicted molar refractivity (Wildman–Crippen MR) is 146 cm³/mol. The van der Waals surface area contributed by atoms with Crippen LogP contribution in [0.2, 0.25) is 0 Å². The molecular formula is C25H36N8O7. The Morgan fingerprint density at radius 3 is 2.17 bits per heavy atom.